The summed E-state index contributed by atoms with van der Waals surface area (Å²) in [5.41, 5.74) is 7.77. The first-order chi connectivity index (χ1) is 8.78. The molecule has 0 spiro atoms. The SMILES string of the molecule is CCC1CCN(c2cccc(C#N)c2)C(CN)C1. The average molecular weight is 243 g/mol. The van der Waals surface area contributed by atoms with Gasteiger partial charge in [-0.3, -0.25) is 0 Å². The van der Waals surface area contributed by atoms with Gasteiger partial charge in [-0.2, -0.15) is 5.26 Å². The molecule has 2 unspecified atom stereocenters. The van der Waals surface area contributed by atoms with Crippen molar-refractivity contribution in [2.75, 3.05) is 18.0 Å². The molecule has 3 heteroatoms. The zero-order valence-corrected chi connectivity index (χ0v) is 11.0. The number of piperidine rings is 1. The van der Waals surface area contributed by atoms with Crippen molar-refractivity contribution in [3.8, 4) is 6.07 Å². The van der Waals surface area contributed by atoms with Gasteiger partial charge in [0, 0.05) is 24.8 Å². The number of benzene rings is 1. The monoisotopic (exact) mass is 243 g/mol. The van der Waals surface area contributed by atoms with Crippen LogP contribution in [0.4, 0.5) is 5.69 Å². The number of rotatable bonds is 3. The third kappa shape index (κ3) is 2.65. The van der Waals surface area contributed by atoms with Gasteiger partial charge in [-0.05, 0) is 37.0 Å². The van der Waals surface area contributed by atoms with Crippen molar-refractivity contribution < 1.29 is 0 Å². The summed E-state index contributed by atoms with van der Waals surface area (Å²) in [5.74, 6) is 0.800. The summed E-state index contributed by atoms with van der Waals surface area (Å²) < 4.78 is 0. The van der Waals surface area contributed by atoms with Crippen LogP contribution in [-0.4, -0.2) is 19.1 Å². The summed E-state index contributed by atoms with van der Waals surface area (Å²) in [6.45, 7) is 3.99. The highest BCUT2D eigenvalue weighted by atomic mass is 15.2. The van der Waals surface area contributed by atoms with E-state index in [2.05, 4.69) is 24.0 Å². The minimum atomic E-state index is 0.414. The third-order valence-corrected chi connectivity index (χ3v) is 3.98. The normalized spacial score (nSPS) is 23.7. The van der Waals surface area contributed by atoms with Crippen LogP contribution in [0.15, 0.2) is 24.3 Å². The molecule has 18 heavy (non-hydrogen) atoms. The summed E-state index contributed by atoms with van der Waals surface area (Å²) >= 11 is 0. The molecule has 0 radical (unpaired) electrons. The van der Waals surface area contributed by atoms with Gasteiger partial charge in [-0.25, -0.2) is 0 Å². The van der Waals surface area contributed by atoms with Gasteiger partial charge < -0.3 is 10.6 Å². The summed E-state index contributed by atoms with van der Waals surface area (Å²) in [5, 5.41) is 8.97. The molecule has 1 saturated heterocycles. The average Bonchev–Trinajstić information content (AvgIpc) is 2.46. The van der Waals surface area contributed by atoms with Crippen LogP contribution >= 0.6 is 0 Å². The topological polar surface area (TPSA) is 53.0 Å². The first kappa shape index (κ1) is 12.9. The third-order valence-electron chi connectivity index (χ3n) is 3.98. The number of hydrogen-bond acceptors (Lipinski definition) is 3. The van der Waals surface area contributed by atoms with Crippen molar-refractivity contribution in [3.63, 3.8) is 0 Å². The standard InChI is InChI=1S/C15H21N3/c1-2-12-6-7-18(15(8-12)11-17)14-5-3-4-13(9-14)10-16/h3-5,9,12,15H,2,6-8,11,17H2,1H3. The molecule has 1 heterocycles. The maximum Gasteiger partial charge on any atom is 0.0992 e. The van der Waals surface area contributed by atoms with Gasteiger partial charge >= 0.3 is 0 Å². The molecule has 0 saturated carbocycles. The highest BCUT2D eigenvalue weighted by Crippen LogP contribution is 2.29. The van der Waals surface area contributed by atoms with Crippen LogP contribution in [0.5, 0.6) is 0 Å². The first-order valence-electron chi connectivity index (χ1n) is 6.75. The number of nitriles is 1. The molecular formula is C15H21N3. The van der Waals surface area contributed by atoms with Crippen LogP contribution in [0, 0.1) is 17.2 Å². The maximum atomic E-state index is 8.97. The highest BCUT2D eigenvalue weighted by molar-refractivity contribution is 5.52. The lowest BCUT2D eigenvalue weighted by Crippen LogP contribution is -2.46. The Hall–Kier alpha value is -1.53. The summed E-state index contributed by atoms with van der Waals surface area (Å²) in [7, 11) is 0. The Morgan fingerprint density at radius 1 is 1.50 bits per heavy atom. The fourth-order valence-corrected chi connectivity index (χ4v) is 2.82. The molecule has 1 aliphatic rings. The molecular weight excluding hydrogens is 222 g/mol. The lowest BCUT2D eigenvalue weighted by Gasteiger charge is -2.40. The largest absolute Gasteiger partial charge is 0.367 e. The number of nitrogens with two attached hydrogens (primary N) is 1. The van der Waals surface area contributed by atoms with Crippen LogP contribution in [-0.2, 0) is 0 Å². The van der Waals surface area contributed by atoms with Crippen LogP contribution in [0.2, 0.25) is 0 Å². The van der Waals surface area contributed by atoms with E-state index in [-0.39, 0.29) is 0 Å². The van der Waals surface area contributed by atoms with Crippen molar-refractivity contribution in [3.05, 3.63) is 29.8 Å². The zero-order valence-electron chi connectivity index (χ0n) is 11.0. The molecule has 3 nitrogen and oxygen atoms in total. The van der Waals surface area contributed by atoms with Crippen molar-refractivity contribution in [2.45, 2.75) is 32.2 Å². The van der Waals surface area contributed by atoms with E-state index in [0.717, 1.165) is 23.7 Å². The van der Waals surface area contributed by atoms with Gasteiger partial charge in [0.15, 0.2) is 0 Å². The quantitative estimate of drug-likeness (QED) is 0.887. The Morgan fingerprint density at radius 3 is 3.00 bits per heavy atom. The minimum Gasteiger partial charge on any atom is -0.367 e. The van der Waals surface area contributed by atoms with E-state index >= 15 is 0 Å². The predicted octanol–water partition coefficient (Wildman–Crippen LogP) is 2.51. The van der Waals surface area contributed by atoms with Crippen LogP contribution in [0.25, 0.3) is 0 Å². The second-order valence-electron chi connectivity index (χ2n) is 5.04. The van der Waals surface area contributed by atoms with Crippen molar-refractivity contribution in [1.82, 2.24) is 0 Å². The molecule has 1 fully saturated rings. The van der Waals surface area contributed by atoms with Gasteiger partial charge in [0.05, 0.1) is 11.6 Å². The van der Waals surface area contributed by atoms with Crippen LogP contribution in [0.1, 0.15) is 31.7 Å². The fraction of sp³-hybridized carbons (Fsp3) is 0.533. The van der Waals surface area contributed by atoms with E-state index in [1.807, 2.05) is 18.2 Å². The summed E-state index contributed by atoms with van der Waals surface area (Å²) in [6.07, 6.45) is 3.64. The first-order valence-corrected chi connectivity index (χ1v) is 6.75. The van der Waals surface area contributed by atoms with Gasteiger partial charge in [-0.15, -0.1) is 0 Å². The Kier molecular flexibility index (Phi) is 4.22. The molecule has 0 bridgehead atoms. The van der Waals surface area contributed by atoms with Crippen LogP contribution < -0.4 is 10.6 Å². The van der Waals surface area contributed by atoms with E-state index in [1.54, 1.807) is 0 Å². The van der Waals surface area contributed by atoms with Gasteiger partial charge in [0.2, 0.25) is 0 Å². The predicted molar refractivity (Wildman–Crippen MR) is 74.4 cm³/mol. The lowest BCUT2D eigenvalue weighted by atomic mass is 9.88. The maximum absolute atomic E-state index is 8.97. The Morgan fingerprint density at radius 2 is 2.33 bits per heavy atom. The van der Waals surface area contributed by atoms with E-state index in [4.69, 9.17) is 11.0 Å². The van der Waals surface area contributed by atoms with E-state index in [9.17, 15) is 0 Å². The zero-order chi connectivity index (χ0) is 13.0. The number of anilines is 1. The highest BCUT2D eigenvalue weighted by Gasteiger charge is 2.26. The molecule has 1 aromatic rings. The van der Waals surface area contributed by atoms with Crippen molar-refractivity contribution in [2.24, 2.45) is 11.7 Å². The molecule has 0 aromatic heterocycles. The summed E-state index contributed by atoms with van der Waals surface area (Å²) in [4.78, 5) is 2.37. The molecule has 2 N–H and O–H groups in total. The fourth-order valence-electron chi connectivity index (χ4n) is 2.82. The van der Waals surface area contributed by atoms with Gasteiger partial charge in [0.25, 0.3) is 0 Å². The van der Waals surface area contributed by atoms with Crippen molar-refractivity contribution >= 4 is 5.69 Å². The Balaban J connectivity index is 2.18. The van der Waals surface area contributed by atoms with E-state index < -0.39 is 0 Å². The Labute approximate surface area is 109 Å². The lowest BCUT2D eigenvalue weighted by molar-refractivity contribution is 0.336. The van der Waals surface area contributed by atoms with Crippen LogP contribution in [0.3, 0.4) is 0 Å². The van der Waals surface area contributed by atoms with Gasteiger partial charge in [0.1, 0.15) is 0 Å². The molecule has 1 aromatic carbocycles. The van der Waals surface area contributed by atoms with Crippen molar-refractivity contribution in [1.29, 1.82) is 5.26 Å². The molecule has 0 amide bonds. The molecule has 2 atom stereocenters. The molecule has 1 aliphatic heterocycles. The molecule has 96 valence electrons. The second kappa shape index (κ2) is 5.88. The second-order valence-corrected chi connectivity index (χ2v) is 5.04. The molecule has 2 rings (SSSR count). The number of hydrogen-bond donors (Lipinski definition) is 1. The van der Waals surface area contributed by atoms with E-state index in [1.165, 1.54) is 19.3 Å². The smallest absolute Gasteiger partial charge is 0.0992 e. The minimum absolute atomic E-state index is 0.414. The number of nitrogens with zero attached hydrogens (tertiary/aromatic N) is 2. The molecule has 0 aliphatic carbocycles. The van der Waals surface area contributed by atoms with E-state index in [0.29, 0.717) is 12.6 Å². The van der Waals surface area contributed by atoms with Gasteiger partial charge in [-0.1, -0.05) is 19.4 Å². The summed E-state index contributed by atoms with van der Waals surface area (Å²) in [6, 6.07) is 10.5. The Bertz CT molecular complexity index is 436.